The van der Waals surface area contributed by atoms with Gasteiger partial charge < -0.3 is 4.98 Å². The molecule has 0 saturated carbocycles. The van der Waals surface area contributed by atoms with Gasteiger partial charge in [0.1, 0.15) is 0 Å². The summed E-state index contributed by atoms with van der Waals surface area (Å²) in [4.78, 5) is 3.68. The van der Waals surface area contributed by atoms with Gasteiger partial charge >= 0.3 is 7.75 Å². The van der Waals surface area contributed by atoms with Gasteiger partial charge in [0.05, 0.1) is 23.9 Å². The van der Waals surface area contributed by atoms with Gasteiger partial charge in [-0.1, -0.05) is 24.3 Å². The standard InChI is InChI=1S/C25H33N2O5PS/c1-3-31-33(28,32-4-2)27-15-8-9-22(27)18-21-19-26-25-13-12-20(17-24(21)25)14-16-34(29,30)23-10-6-5-7-11-23/h5-7,10-13,17,19,22,26H,3-4,8-9,14-16,18H2,1-2H3. The molecule has 9 heteroatoms. The van der Waals surface area contributed by atoms with Crippen LogP contribution in [0.5, 0.6) is 0 Å². The first-order chi connectivity index (χ1) is 16.4. The Hall–Kier alpha value is -1.96. The van der Waals surface area contributed by atoms with Crippen molar-refractivity contribution in [1.82, 2.24) is 9.65 Å². The molecule has 1 N–H and O–H groups in total. The van der Waals surface area contributed by atoms with Crippen molar-refractivity contribution in [3.63, 3.8) is 0 Å². The van der Waals surface area contributed by atoms with E-state index in [2.05, 4.69) is 11.1 Å². The van der Waals surface area contributed by atoms with E-state index in [0.717, 1.165) is 41.3 Å². The van der Waals surface area contributed by atoms with Crippen LogP contribution >= 0.6 is 7.75 Å². The first-order valence-corrected chi connectivity index (χ1v) is 15.0. The van der Waals surface area contributed by atoms with E-state index < -0.39 is 17.6 Å². The Morgan fingerprint density at radius 1 is 1.09 bits per heavy atom. The number of aromatic nitrogens is 1. The average Bonchev–Trinajstić information content (AvgIpc) is 3.46. The van der Waals surface area contributed by atoms with E-state index in [0.29, 0.717) is 31.1 Å². The molecule has 1 aromatic heterocycles. The number of fused-ring (bicyclic) bond motifs is 1. The topological polar surface area (TPSA) is 88.7 Å². The molecule has 2 heterocycles. The van der Waals surface area contributed by atoms with Crippen molar-refractivity contribution in [1.29, 1.82) is 0 Å². The first kappa shape index (κ1) is 25.1. The maximum Gasteiger partial charge on any atom is 0.408 e. The number of hydrogen-bond acceptors (Lipinski definition) is 5. The summed E-state index contributed by atoms with van der Waals surface area (Å²) in [5.74, 6) is 0.0601. The van der Waals surface area contributed by atoms with Crippen LogP contribution in [0.25, 0.3) is 10.9 Å². The highest BCUT2D eigenvalue weighted by molar-refractivity contribution is 7.91. The molecule has 184 valence electrons. The second-order valence-electron chi connectivity index (χ2n) is 8.54. The number of aryl methyl sites for hydroxylation is 1. The number of aromatic amines is 1. The van der Waals surface area contributed by atoms with E-state index in [1.54, 1.807) is 24.3 Å². The lowest BCUT2D eigenvalue weighted by molar-refractivity contribution is 0.162. The number of rotatable bonds is 11. The minimum absolute atomic E-state index is 0.0601. The van der Waals surface area contributed by atoms with Gasteiger partial charge in [0.2, 0.25) is 0 Å². The smallest absolute Gasteiger partial charge is 0.361 e. The molecule has 2 aromatic carbocycles. The molecule has 0 amide bonds. The maximum atomic E-state index is 13.4. The fourth-order valence-corrected chi connectivity index (χ4v) is 7.98. The Bertz CT molecular complexity index is 1250. The molecule has 1 aliphatic heterocycles. The Balaban J connectivity index is 1.52. The highest BCUT2D eigenvalue weighted by atomic mass is 32.2. The molecular formula is C25H33N2O5PS. The number of nitrogens with zero attached hydrogens (tertiary/aromatic N) is 1. The van der Waals surface area contributed by atoms with Crippen molar-refractivity contribution >= 4 is 28.5 Å². The molecule has 4 rings (SSSR count). The summed E-state index contributed by atoms with van der Waals surface area (Å²) in [5.41, 5.74) is 3.11. The Morgan fingerprint density at radius 3 is 2.53 bits per heavy atom. The number of hydrogen-bond donors (Lipinski definition) is 1. The zero-order valence-electron chi connectivity index (χ0n) is 19.8. The number of H-pyrrole nitrogens is 1. The monoisotopic (exact) mass is 504 g/mol. The zero-order valence-corrected chi connectivity index (χ0v) is 21.5. The minimum atomic E-state index is -3.34. The van der Waals surface area contributed by atoms with E-state index in [1.165, 1.54) is 0 Å². The lowest BCUT2D eigenvalue weighted by atomic mass is 10.0. The van der Waals surface area contributed by atoms with Gasteiger partial charge in [-0.25, -0.2) is 17.7 Å². The Labute approximate surface area is 202 Å². The van der Waals surface area contributed by atoms with Gasteiger partial charge in [-0.2, -0.15) is 0 Å². The summed E-state index contributed by atoms with van der Waals surface area (Å²) in [7, 11) is -6.65. The normalized spacial score (nSPS) is 17.5. The molecule has 0 radical (unpaired) electrons. The average molecular weight is 505 g/mol. The van der Waals surface area contributed by atoms with Crippen LogP contribution in [0.3, 0.4) is 0 Å². The van der Waals surface area contributed by atoms with E-state index in [1.807, 2.05) is 42.9 Å². The molecule has 7 nitrogen and oxygen atoms in total. The second-order valence-corrected chi connectivity index (χ2v) is 12.6. The lowest BCUT2D eigenvalue weighted by Gasteiger charge is -2.30. The summed E-state index contributed by atoms with van der Waals surface area (Å²) in [6.45, 7) is 5.02. The molecule has 1 atom stereocenters. The fraction of sp³-hybridized carbons (Fsp3) is 0.440. The van der Waals surface area contributed by atoms with Gasteiger partial charge in [-0.3, -0.25) is 9.05 Å². The van der Waals surface area contributed by atoms with Crippen LogP contribution in [-0.2, 0) is 36.3 Å². The summed E-state index contributed by atoms with van der Waals surface area (Å²) in [6.07, 6.45) is 5.02. The number of sulfone groups is 1. The molecule has 1 fully saturated rings. The predicted octanol–water partition coefficient (Wildman–Crippen LogP) is 5.37. The zero-order chi connectivity index (χ0) is 24.2. The van der Waals surface area contributed by atoms with Crippen LogP contribution in [0.1, 0.15) is 37.8 Å². The summed E-state index contributed by atoms with van der Waals surface area (Å²) >= 11 is 0. The SMILES string of the molecule is CCOP(=O)(OCC)N1CCCC1Cc1c[nH]c2ccc(CCS(=O)(=O)c3ccccc3)cc12. The third-order valence-electron chi connectivity index (χ3n) is 6.29. The molecule has 3 aromatic rings. The van der Waals surface area contributed by atoms with Crippen molar-refractivity contribution in [2.75, 3.05) is 25.5 Å². The fourth-order valence-electron chi connectivity index (χ4n) is 4.66. The van der Waals surface area contributed by atoms with Crippen LogP contribution in [0.4, 0.5) is 0 Å². The Morgan fingerprint density at radius 2 is 1.82 bits per heavy atom. The number of benzene rings is 2. The van der Waals surface area contributed by atoms with E-state index in [4.69, 9.17) is 9.05 Å². The van der Waals surface area contributed by atoms with E-state index in [9.17, 15) is 13.0 Å². The molecule has 34 heavy (non-hydrogen) atoms. The summed E-state index contributed by atoms with van der Waals surface area (Å²) < 4.78 is 51.9. The van der Waals surface area contributed by atoms with Crippen LogP contribution in [-0.4, -0.2) is 49.6 Å². The van der Waals surface area contributed by atoms with Crippen molar-refractivity contribution in [2.45, 2.75) is 50.5 Å². The molecule has 0 spiro atoms. The molecule has 1 unspecified atom stereocenters. The Kier molecular flexibility index (Phi) is 7.95. The summed E-state index contributed by atoms with van der Waals surface area (Å²) in [6, 6.07) is 14.7. The van der Waals surface area contributed by atoms with Crippen molar-refractivity contribution in [3.05, 3.63) is 65.9 Å². The highest BCUT2D eigenvalue weighted by Crippen LogP contribution is 2.55. The van der Waals surface area contributed by atoms with E-state index in [-0.39, 0.29) is 11.8 Å². The van der Waals surface area contributed by atoms with Crippen LogP contribution in [0.2, 0.25) is 0 Å². The number of nitrogens with one attached hydrogen (secondary N) is 1. The maximum absolute atomic E-state index is 13.4. The van der Waals surface area contributed by atoms with Crippen LogP contribution < -0.4 is 0 Å². The lowest BCUT2D eigenvalue weighted by Crippen LogP contribution is -2.30. The third-order valence-corrected chi connectivity index (χ3v) is 10.4. The van der Waals surface area contributed by atoms with Gasteiger partial charge in [-0.15, -0.1) is 0 Å². The molecule has 0 bridgehead atoms. The highest BCUT2D eigenvalue weighted by Gasteiger charge is 2.41. The van der Waals surface area contributed by atoms with Gasteiger partial charge in [0.15, 0.2) is 9.84 Å². The van der Waals surface area contributed by atoms with Crippen molar-refractivity contribution < 1.29 is 22.0 Å². The van der Waals surface area contributed by atoms with Gasteiger partial charge in [0.25, 0.3) is 0 Å². The minimum Gasteiger partial charge on any atom is -0.361 e. The van der Waals surface area contributed by atoms with Gasteiger partial charge in [-0.05, 0) is 74.9 Å². The molecular weight excluding hydrogens is 471 g/mol. The predicted molar refractivity (Wildman–Crippen MR) is 135 cm³/mol. The largest absolute Gasteiger partial charge is 0.408 e. The second kappa shape index (κ2) is 10.8. The first-order valence-electron chi connectivity index (χ1n) is 11.9. The van der Waals surface area contributed by atoms with Crippen molar-refractivity contribution in [3.8, 4) is 0 Å². The van der Waals surface area contributed by atoms with Crippen LogP contribution in [0.15, 0.2) is 59.6 Å². The van der Waals surface area contributed by atoms with Crippen molar-refractivity contribution in [2.24, 2.45) is 0 Å². The quantitative estimate of drug-likeness (QED) is 0.353. The van der Waals surface area contributed by atoms with Gasteiger partial charge in [0, 0.05) is 29.7 Å². The summed E-state index contributed by atoms with van der Waals surface area (Å²) in [5, 5.41) is 1.07. The van der Waals surface area contributed by atoms with Crippen LogP contribution in [0, 0.1) is 0 Å². The molecule has 0 aliphatic carbocycles. The third kappa shape index (κ3) is 5.47. The molecule has 1 saturated heterocycles. The molecule has 1 aliphatic rings. The van der Waals surface area contributed by atoms with E-state index >= 15 is 0 Å².